The summed E-state index contributed by atoms with van der Waals surface area (Å²) in [6, 6.07) is 5.30. The minimum absolute atomic E-state index is 0.00525. The number of Topliss-reactive ketones (excluding diaryl/α,β-unsaturated/α-hetero) is 1. The predicted molar refractivity (Wildman–Crippen MR) is 81.0 cm³/mol. The van der Waals surface area contributed by atoms with Gasteiger partial charge >= 0.3 is 0 Å². The lowest BCUT2D eigenvalue weighted by molar-refractivity contribution is -0.118. The van der Waals surface area contributed by atoms with E-state index in [0.29, 0.717) is 22.8 Å². The highest BCUT2D eigenvalue weighted by molar-refractivity contribution is 7.99. The number of nitrogens with one attached hydrogen (secondary N) is 1. The van der Waals surface area contributed by atoms with Crippen LogP contribution < -0.4 is 10.1 Å². The Kier molecular flexibility index (Phi) is 6.68. The zero-order valence-corrected chi connectivity index (χ0v) is 12.4. The van der Waals surface area contributed by atoms with Gasteiger partial charge in [-0.05, 0) is 25.1 Å². The number of ether oxygens (including phenoxy) is 1. The first-order valence-corrected chi connectivity index (χ1v) is 7.19. The second kappa shape index (κ2) is 8.28. The van der Waals surface area contributed by atoms with Crippen LogP contribution in [0.1, 0.15) is 22.8 Å². The molecule has 0 radical (unpaired) electrons. The number of carbonyl (C=O) groups excluding carboxylic acids is 2. The molecule has 0 aromatic heterocycles. The average molecular weight is 291 g/mol. The van der Waals surface area contributed by atoms with E-state index in [1.54, 1.807) is 25.3 Å². The van der Waals surface area contributed by atoms with Gasteiger partial charge in [-0.25, -0.2) is 0 Å². The monoisotopic (exact) mass is 291 g/mol. The Labute approximate surface area is 123 Å². The summed E-state index contributed by atoms with van der Waals surface area (Å²) in [5.74, 6) is 3.87. The number of terminal acetylenes is 1. The maximum atomic E-state index is 11.4. The Bertz CT molecular complexity index is 534. The predicted octanol–water partition coefficient (Wildman–Crippen LogP) is 1.88. The van der Waals surface area contributed by atoms with Crippen LogP contribution in [0.2, 0.25) is 0 Å². The summed E-state index contributed by atoms with van der Waals surface area (Å²) in [6.07, 6.45) is 5.06. The van der Waals surface area contributed by atoms with E-state index in [2.05, 4.69) is 11.2 Å². The van der Waals surface area contributed by atoms with Gasteiger partial charge in [-0.1, -0.05) is 5.92 Å². The Morgan fingerprint density at radius 3 is 2.80 bits per heavy atom. The van der Waals surface area contributed by atoms with Crippen molar-refractivity contribution in [3.63, 3.8) is 0 Å². The summed E-state index contributed by atoms with van der Waals surface area (Å²) >= 11 is 1.44. The van der Waals surface area contributed by atoms with Crippen LogP contribution in [0.15, 0.2) is 18.2 Å². The van der Waals surface area contributed by atoms with E-state index in [1.807, 2.05) is 0 Å². The molecule has 0 saturated carbocycles. The van der Waals surface area contributed by atoms with Crippen molar-refractivity contribution >= 4 is 23.5 Å². The molecule has 0 atom stereocenters. The maximum absolute atomic E-state index is 11.4. The molecular weight excluding hydrogens is 274 g/mol. The van der Waals surface area contributed by atoms with Crippen LogP contribution in [-0.4, -0.2) is 31.1 Å². The molecule has 1 aromatic rings. The van der Waals surface area contributed by atoms with Crippen molar-refractivity contribution in [3.8, 4) is 18.1 Å². The second-order valence-corrected chi connectivity index (χ2v) is 5.04. The fraction of sp³-hybridized carbons (Fsp3) is 0.333. The summed E-state index contributed by atoms with van der Waals surface area (Å²) in [5.41, 5.74) is 1.54. The van der Waals surface area contributed by atoms with Gasteiger partial charge in [0.2, 0.25) is 5.91 Å². The van der Waals surface area contributed by atoms with Gasteiger partial charge in [-0.15, -0.1) is 18.2 Å². The minimum Gasteiger partial charge on any atom is -0.496 e. The van der Waals surface area contributed by atoms with E-state index >= 15 is 0 Å². The first-order chi connectivity index (χ1) is 9.58. The van der Waals surface area contributed by atoms with Crippen molar-refractivity contribution in [2.75, 3.05) is 19.4 Å². The molecule has 20 heavy (non-hydrogen) atoms. The molecule has 0 aliphatic heterocycles. The third-order valence-corrected chi connectivity index (χ3v) is 3.55. The Hall–Kier alpha value is -1.93. The van der Waals surface area contributed by atoms with Gasteiger partial charge in [0.1, 0.15) is 5.75 Å². The summed E-state index contributed by atoms with van der Waals surface area (Å²) < 4.78 is 5.25. The lowest BCUT2D eigenvalue weighted by atomic mass is 10.1. The molecule has 106 valence electrons. The number of carbonyl (C=O) groups is 2. The van der Waals surface area contributed by atoms with E-state index in [-0.39, 0.29) is 18.2 Å². The van der Waals surface area contributed by atoms with E-state index in [9.17, 15) is 9.59 Å². The summed E-state index contributed by atoms with van der Waals surface area (Å²) in [6.45, 7) is 1.76. The molecule has 1 N–H and O–H groups in total. The maximum Gasteiger partial charge on any atom is 0.230 e. The standard InChI is InChI=1S/C15H17NO3S/c1-4-7-16-15(18)10-20-9-13-8-12(11(2)17)5-6-14(13)19-3/h1,5-6,8H,7,9-10H2,2-3H3,(H,16,18). The van der Waals surface area contributed by atoms with Crippen molar-refractivity contribution in [3.05, 3.63) is 29.3 Å². The van der Waals surface area contributed by atoms with Crippen LogP contribution in [0.3, 0.4) is 0 Å². The SMILES string of the molecule is C#CCNC(=O)CSCc1cc(C(C)=O)ccc1OC. The highest BCUT2D eigenvalue weighted by Gasteiger charge is 2.08. The number of thioether (sulfide) groups is 1. The lowest BCUT2D eigenvalue weighted by Crippen LogP contribution is -2.25. The van der Waals surface area contributed by atoms with Crippen LogP contribution in [0.5, 0.6) is 5.75 Å². The Balaban J connectivity index is 2.62. The van der Waals surface area contributed by atoms with E-state index < -0.39 is 0 Å². The fourth-order valence-corrected chi connectivity index (χ4v) is 2.40. The van der Waals surface area contributed by atoms with Crippen molar-refractivity contribution in [2.45, 2.75) is 12.7 Å². The first-order valence-electron chi connectivity index (χ1n) is 6.04. The molecular formula is C15H17NO3S. The Morgan fingerprint density at radius 1 is 1.45 bits per heavy atom. The van der Waals surface area contributed by atoms with Crippen LogP contribution in [0, 0.1) is 12.3 Å². The van der Waals surface area contributed by atoms with Gasteiger partial charge in [-0.2, -0.15) is 0 Å². The van der Waals surface area contributed by atoms with Gasteiger partial charge < -0.3 is 10.1 Å². The third kappa shape index (κ3) is 4.98. The quantitative estimate of drug-likeness (QED) is 0.615. The number of amides is 1. The van der Waals surface area contributed by atoms with E-state index in [4.69, 9.17) is 11.2 Å². The van der Waals surface area contributed by atoms with Crippen molar-refractivity contribution in [1.82, 2.24) is 5.32 Å². The van der Waals surface area contributed by atoms with Gasteiger partial charge in [0, 0.05) is 16.9 Å². The number of methoxy groups -OCH3 is 1. The molecule has 1 amide bonds. The summed E-state index contributed by atoms with van der Waals surface area (Å²) in [4.78, 5) is 22.8. The average Bonchev–Trinajstić information content (AvgIpc) is 2.44. The first kappa shape index (κ1) is 16.1. The molecule has 0 fully saturated rings. The highest BCUT2D eigenvalue weighted by atomic mass is 32.2. The molecule has 5 heteroatoms. The van der Waals surface area contributed by atoms with Crippen molar-refractivity contribution < 1.29 is 14.3 Å². The molecule has 0 saturated heterocycles. The molecule has 0 spiro atoms. The molecule has 0 bridgehead atoms. The fourth-order valence-electron chi connectivity index (χ4n) is 1.56. The van der Waals surface area contributed by atoms with Gasteiger partial charge in [-0.3, -0.25) is 9.59 Å². The number of hydrogen-bond donors (Lipinski definition) is 1. The molecule has 0 unspecified atom stereocenters. The molecule has 0 heterocycles. The lowest BCUT2D eigenvalue weighted by Gasteiger charge is -2.09. The summed E-state index contributed by atoms with van der Waals surface area (Å²) in [5, 5.41) is 2.60. The molecule has 0 aliphatic carbocycles. The number of benzene rings is 1. The largest absolute Gasteiger partial charge is 0.496 e. The number of hydrogen-bond acceptors (Lipinski definition) is 4. The molecule has 1 rings (SSSR count). The smallest absolute Gasteiger partial charge is 0.230 e. The van der Waals surface area contributed by atoms with Crippen LogP contribution in [0.25, 0.3) is 0 Å². The van der Waals surface area contributed by atoms with Crippen LogP contribution >= 0.6 is 11.8 Å². The van der Waals surface area contributed by atoms with Gasteiger partial charge in [0.05, 0.1) is 19.4 Å². The molecule has 0 aliphatic rings. The second-order valence-electron chi connectivity index (χ2n) is 4.06. The van der Waals surface area contributed by atoms with E-state index in [0.717, 1.165) is 5.56 Å². The zero-order chi connectivity index (χ0) is 15.0. The van der Waals surface area contributed by atoms with Gasteiger partial charge in [0.15, 0.2) is 5.78 Å². The van der Waals surface area contributed by atoms with Crippen molar-refractivity contribution in [1.29, 1.82) is 0 Å². The molecule has 1 aromatic carbocycles. The highest BCUT2D eigenvalue weighted by Crippen LogP contribution is 2.24. The summed E-state index contributed by atoms with van der Waals surface area (Å²) in [7, 11) is 1.58. The van der Waals surface area contributed by atoms with Crippen LogP contribution in [0.4, 0.5) is 0 Å². The topological polar surface area (TPSA) is 55.4 Å². The Morgan fingerprint density at radius 2 is 2.20 bits per heavy atom. The number of rotatable bonds is 7. The van der Waals surface area contributed by atoms with Crippen LogP contribution in [-0.2, 0) is 10.5 Å². The van der Waals surface area contributed by atoms with Gasteiger partial charge in [0.25, 0.3) is 0 Å². The zero-order valence-electron chi connectivity index (χ0n) is 11.6. The molecule has 4 nitrogen and oxygen atoms in total. The minimum atomic E-state index is -0.102. The third-order valence-electron chi connectivity index (χ3n) is 2.57. The van der Waals surface area contributed by atoms with E-state index in [1.165, 1.54) is 18.7 Å². The normalized spacial score (nSPS) is 9.65. The number of ketones is 1. The van der Waals surface area contributed by atoms with Crippen molar-refractivity contribution in [2.24, 2.45) is 0 Å².